The van der Waals surface area contributed by atoms with Crippen molar-refractivity contribution in [1.82, 2.24) is 19.5 Å². The van der Waals surface area contributed by atoms with Gasteiger partial charge < -0.3 is 9.67 Å². The van der Waals surface area contributed by atoms with Gasteiger partial charge in [-0.2, -0.15) is 0 Å². The smallest absolute Gasteiger partial charge is 0.124 e. The Morgan fingerprint density at radius 2 is 1.16 bits per heavy atom. The summed E-state index contributed by atoms with van der Waals surface area (Å²) in [4.78, 5) is 15.0. The van der Waals surface area contributed by atoms with Gasteiger partial charge >= 0.3 is 0 Å². The topological polar surface area (TPSA) is 63.8 Å². The Kier molecular flexibility index (Phi) is 11.0. The molecule has 0 saturated heterocycles. The number of hydrogen-bond donors (Lipinski definition) is 1. The number of phenols is 1. The molecule has 4 heterocycles. The van der Waals surface area contributed by atoms with E-state index in [0.717, 1.165) is 78.1 Å². The Balaban J connectivity index is 0.00000518. The second-order valence-electron chi connectivity index (χ2n) is 18.7. The van der Waals surface area contributed by atoms with Gasteiger partial charge in [0.2, 0.25) is 0 Å². The van der Waals surface area contributed by atoms with E-state index >= 15 is 0 Å². The van der Waals surface area contributed by atoms with Gasteiger partial charge in [0, 0.05) is 77.3 Å². The van der Waals surface area contributed by atoms with Gasteiger partial charge in [0.25, 0.3) is 0 Å². The molecule has 0 aliphatic carbocycles. The van der Waals surface area contributed by atoms with Crippen LogP contribution in [0.3, 0.4) is 0 Å². The fourth-order valence-corrected chi connectivity index (χ4v) is 8.70. The van der Waals surface area contributed by atoms with E-state index in [9.17, 15) is 5.11 Å². The third-order valence-electron chi connectivity index (χ3n) is 12.2. The summed E-state index contributed by atoms with van der Waals surface area (Å²) in [5.41, 5.74) is 16.7. The van der Waals surface area contributed by atoms with Crippen molar-refractivity contribution >= 4 is 32.7 Å². The Bertz CT molecular complexity index is 3370. The molecule has 318 valence electrons. The third kappa shape index (κ3) is 7.95. The fraction of sp³-hybridized carbons (Fsp3) is 0.155. The molecule has 0 fully saturated rings. The zero-order valence-corrected chi connectivity index (χ0v) is 39.4. The molecule has 10 rings (SSSR count). The van der Waals surface area contributed by atoms with E-state index in [1.165, 1.54) is 21.9 Å². The maximum Gasteiger partial charge on any atom is 0.124 e. The molecule has 4 aromatic heterocycles. The molecule has 0 unspecified atom stereocenters. The van der Waals surface area contributed by atoms with Gasteiger partial charge in [0.15, 0.2) is 0 Å². The van der Waals surface area contributed by atoms with Crippen molar-refractivity contribution in [2.24, 2.45) is 0 Å². The standard InChI is InChI=1S/C58H49N4O.Pt/c1-36-22-23-37-24-25-45(35-52(37)60-36)62-54-20-10-8-16-47(54)48-19-13-18-46(56(48)62)38-26-27-59-50(31-38)39-14-12-15-40(28-39)51-32-42(33-53(61-51)49-17-9-11-21-55(49)63)41-29-43(57(2,3)4)34-44(30-41)58(5,6)7;/h8-27,29-35,63H,1-7H3;/q-1;. The van der Waals surface area contributed by atoms with Crippen LogP contribution in [0.4, 0.5) is 0 Å². The molecule has 0 radical (unpaired) electrons. The largest absolute Gasteiger partial charge is 0.507 e. The van der Waals surface area contributed by atoms with Crippen LogP contribution < -0.4 is 0 Å². The van der Waals surface area contributed by atoms with Crippen LogP contribution in [-0.2, 0) is 31.9 Å². The molecule has 0 spiro atoms. The number of nitrogens with zero attached hydrogens (tertiary/aromatic N) is 4. The zero-order valence-electron chi connectivity index (χ0n) is 37.1. The predicted molar refractivity (Wildman–Crippen MR) is 261 cm³/mol. The number of aromatic hydroxyl groups is 1. The first-order chi connectivity index (χ1) is 30.3. The maximum absolute atomic E-state index is 11.1. The van der Waals surface area contributed by atoms with Gasteiger partial charge in [-0.3, -0.25) is 15.0 Å². The number of phenolic OH excluding ortho intramolecular Hbond substituents is 1. The average molecular weight is 1010 g/mol. The summed E-state index contributed by atoms with van der Waals surface area (Å²) in [6, 6.07) is 58.7. The van der Waals surface area contributed by atoms with Crippen molar-refractivity contribution in [3.63, 3.8) is 0 Å². The molecular weight excluding hydrogens is 964 g/mol. The van der Waals surface area contributed by atoms with Crippen molar-refractivity contribution in [1.29, 1.82) is 0 Å². The van der Waals surface area contributed by atoms with Crippen LogP contribution in [0, 0.1) is 13.0 Å². The molecule has 1 N–H and O–H groups in total. The Morgan fingerprint density at radius 1 is 0.531 bits per heavy atom. The quantitative estimate of drug-likeness (QED) is 0.169. The zero-order chi connectivity index (χ0) is 43.6. The van der Waals surface area contributed by atoms with Crippen LogP contribution in [0.1, 0.15) is 58.4 Å². The molecular formula is C58H49N4OPt-. The summed E-state index contributed by atoms with van der Waals surface area (Å²) in [5.74, 6) is 0.187. The SMILES string of the molecule is Cc1ccc2ccc(-n3c4ccccc4c4cccc(-c5ccnc(-c6[c-]c(-c7cc(-c8cc(C(C)(C)C)cc(C(C)(C)C)c8)cc(-c8ccccc8O)n7)ccc6)c5)c43)cc2n1.[Pt]. The molecule has 6 aromatic carbocycles. The summed E-state index contributed by atoms with van der Waals surface area (Å²) in [5, 5.41) is 14.6. The van der Waals surface area contributed by atoms with Gasteiger partial charge in [0.1, 0.15) is 5.75 Å². The van der Waals surface area contributed by atoms with E-state index in [-0.39, 0.29) is 37.6 Å². The summed E-state index contributed by atoms with van der Waals surface area (Å²) in [6.07, 6.45) is 1.89. The Hall–Kier alpha value is -6.68. The summed E-state index contributed by atoms with van der Waals surface area (Å²) in [6.45, 7) is 15.6. The number of aromatic nitrogens is 4. The Morgan fingerprint density at radius 3 is 1.92 bits per heavy atom. The van der Waals surface area contributed by atoms with Crippen LogP contribution >= 0.6 is 0 Å². The predicted octanol–water partition coefficient (Wildman–Crippen LogP) is 14.9. The summed E-state index contributed by atoms with van der Waals surface area (Å²) >= 11 is 0. The van der Waals surface area contributed by atoms with E-state index in [4.69, 9.17) is 15.0 Å². The minimum absolute atomic E-state index is 0. The van der Waals surface area contributed by atoms with Crippen LogP contribution in [0.25, 0.3) is 94.4 Å². The maximum atomic E-state index is 11.1. The minimum Gasteiger partial charge on any atom is -0.507 e. The number of para-hydroxylation sites is 3. The first-order valence-electron chi connectivity index (χ1n) is 21.6. The third-order valence-corrected chi connectivity index (χ3v) is 12.2. The summed E-state index contributed by atoms with van der Waals surface area (Å²) in [7, 11) is 0. The first-order valence-corrected chi connectivity index (χ1v) is 21.6. The van der Waals surface area contributed by atoms with Crippen LogP contribution in [0.15, 0.2) is 164 Å². The van der Waals surface area contributed by atoms with Crippen LogP contribution in [-0.4, -0.2) is 24.6 Å². The van der Waals surface area contributed by atoms with Crippen molar-refractivity contribution in [3.05, 3.63) is 187 Å². The molecule has 0 amide bonds. The molecule has 0 aliphatic heterocycles. The minimum atomic E-state index is -0.0503. The average Bonchev–Trinajstić information content (AvgIpc) is 3.63. The number of hydrogen-bond acceptors (Lipinski definition) is 4. The molecule has 10 aromatic rings. The number of rotatable bonds is 6. The van der Waals surface area contributed by atoms with Crippen molar-refractivity contribution in [2.45, 2.75) is 59.3 Å². The number of aryl methyl sites for hydroxylation is 1. The number of pyridine rings is 3. The van der Waals surface area contributed by atoms with E-state index in [2.05, 4.69) is 186 Å². The van der Waals surface area contributed by atoms with Crippen molar-refractivity contribution < 1.29 is 26.2 Å². The molecule has 6 heteroatoms. The second-order valence-corrected chi connectivity index (χ2v) is 18.7. The van der Waals surface area contributed by atoms with E-state index in [0.29, 0.717) is 11.3 Å². The Labute approximate surface area is 389 Å². The molecule has 0 aliphatic rings. The van der Waals surface area contributed by atoms with Gasteiger partial charge in [-0.25, -0.2) is 0 Å². The second kappa shape index (κ2) is 16.5. The molecule has 0 bridgehead atoms. The van der Waals surface area contributed by atoms with Gasteiger partial charge in [-0.1, -0.05) is 144 Å². The van der Waals surface area contributed by atoms with E-state index in [1.807, 2.05) is 31.3 Å². The van der Waals surface area contributed by atoms with Crippen LogP contribution in [0.5, 0.6) is 5.75 Å². The number of benzene rings is 6. The molecule has 64 heavy (non-hydrogen) atoms. The van der Waals surface area contributed by atoms with Crippen molar-refractivity contribution in [2.75, 3.05) is 0 Å². The normalized spacial score (nSPS) is 11.9. The van der Waals surface area contributed by atoms with Gasteiger partial charge in [-0.05, 0) is 94.1 Å². The van der Waals surface area contributed by atoms with Crippen LogP contribution in [0.2, 0.25) is 0 Å². The fourth-order valence-electron chi connectivity index (χ4n) is 8.70. The van der Waals surface area contributed by atoms with Gasteiger partial charge in [0.05, 0.1) is 22.2 Å². The number of fused-ring (bicyclic) bond motifs is 4. The van der Waals surface area contributed by atoms with E-state index < -0.39 is 0 Å². The molecule has 5 nitrogen and oxygen atoms in total. The molecule has 0 atom stereocenters. The first kappa shape index (κ1) is 42.6. The molecule has 0 saturated carbocycles. The van der Waals surface area contributed by atoms with Crippen molar-refractivity contribution in [3.8, 4) is 67.5 Å². The van der Waals surface area contributed by atoms with Gasteiger partial charge in [-0.15, -0.1) is 24.3 Å². The van der Waals surface area contributed by atoms with E-state index in [1.54, 1.807) is 6.07 Å². The monoisotopic (exact) mass is 1010 g/mol. The summed E-state index contributed by atoms with van der Waals surface area (Å²) < 4.78 is 2.37.